The maximum absolute atomic E-state index is 6.50. The first-order valence-electron chi connectivity index (χ1n) is 22.4. The van der Waals surface area contributed by atoms with Crippen molar-refractivity contribution >= 4 is 159 Å². The lowest BCUT2D eigenvalue weighted by atomic mass is 9.64. The summed E-state index contributed by atoms with van der Waals surface area (Å²) < 4.78 is 11.5. The molecule has 294 valence electrons. The molecule has 0 saturated heterocycles. The summed E-state index contributed by atoms with van der Waals surface area (Å²) in [5.41, 5.74) is 25.6. The normalized spacial score (nSPS) is 11.9. The third kappa shape index (κ3) is 5.58. The number of para-hydroxylation sites is 1. The fraction of sp³-hybridized carbons (Fsp3) is 0. The van der Waals surface area contributed by atoms with Gasteiger partial charge in [-0.1, -0.05) is 142 Å². The van der Waals surface area contributed by atoms with Crippen molar-refractivity contribution in [1.82, 2.24) is 9.13 Å². The predicted molar refractivity (Wildman–Crippen MR) is 296 cm³/mol. The highest BCUT2D eigenvalue weighted by Gasteiger charge is 2.26. The first-order valence-corrected chi connectivity index (χ1v) is 22.4. The van der Waals surface area contributed by atoms with Crippen LogP contribution in [0.2, 0.25) is 0 Å². The molecular formula is C54H41B7N2O. The van der Waals surface area contributed by atoms with E-state index in [1.807, 2.05) is 6.07 Å². The fourth-order valence-electron chi connectivity index (χ4n) is 11.0. The predicted octanol–water partition coefficient (Wildman–Crippen LogP) is 2.59. The van der Waals surface area contributed by atoms with E-state index in [1.165, 1.54) is 115 Å². The molecule has 0 radical (unpaired) electrons. The number of nitrogens with zero attached hydrogens (tertiary/aromatic N) is 2. The maximum atomic E-state index is 6.50. The van der Waals surface area contributed by atoms with Gasteiger partial charge in [0, 0.05) is 55.4 Å². The number of fused-ring (bicyclic) bond motifs is 9. The van der Waals surface area contributed by atoms with E-state index in [0.29, 0.717) is 0 Å². The SMILES string of the molecule is Bc1c(B)c(B)c2c(c1B)c1c(B)c(-c3ccc4c(c3)c3ccc(-c5ccccc5)cc3n4-c3cccc(-c4ccccc4)c3)c(B)c(B)c1n2-c1ccc2c(c1)oc1ccccc12. The fourth-order valence-corrected chi connectivity index (χ4v) is 11.0. The maximum Gasteiger partial charge on any atom is 0.141 e. The molecule has 0 atom stereocenters. The second kappa shape index (κ2) is 14.4. The molecule has 0 amide bonds. The van der Waals surface area contributed by atoms with Crippen LogP contribution in [-0.2, 0) is 0 Å². The molecule has 0 aliphatic carbocycles. The molecule has 10 heteroatoms. The molecule has 0 N–H and O–H groups in total. The van der Waals surface area contributed by atoms with E-state index in [-0.39, 0.29) is 0 Å². The van der Waals surface area contributed by atoms with Gasteiger partial charge in [-0.2, -0.15) is 0 Å². The minimum atomic E-state index is 0.907. The van der Waals surface area contributed by atoms with E-state index in [4.69, 9.17) is 4.42 Å². The van der Waals surface area contributed by atoms with E-state index in [9.17, 15) is 0 Å². The van der Waals surface area contributed by atoms with Crippen LogP contribution in [0.1, 0.15) is 0 Å². The van der Waals surface area contributed by atoms with Crippen LogP contribution in [-0.4, -0.2) is 64.1 Å². The molecule has 9 aromatic carbocycles. The Hall–Kier alpha value is -7.17. The zero-order chi connectivity index (χ0) is 43.5. The van der Waals surface area contributed by atoms with Gasteiger partial charge in [-0.15, -0.1) is 5.46 Å². The summed E-state index contributed by atoms with van der Waals surface area (Å²) in [7, 11) is 16.2. The van der Waals surface area contributed by atoms with Crippen molar-refractivity contribution in [2.45, 2.75) is 0 Å². The Morgan fingerprint density at radius 3 is 1.64 bits per heavy atom. The highest BCUT2D eigenvalue weighted by atomic mass is 16.3. The minimum Gasteiger partial charge on any atom is -0.456 e. The van der Waals surface area contributed by atoms with Gasteiger partial charge in [0.1, 0.15) is 66.1 Å². The number of aromatic nitrogens is 2. The number of rotatable bonds is 5. The summed E-state index contributed by atoms with van der Waals surface area (Å²) in [6.07, 6.45) is 0. The first-order chi connectivity index (χ1) is 31.2. The Bertz CT molecular complexity index is 3930. The highest BCUT2D eigenvalue weighted by Crippen LogP contribution is 2.39. The van der Waals surface area contributed by atoms with Crippen LogP contribution in [0.5, 0.6) is 0 Å². The van der Waals surface area contributed by atoms with Crippen molar-refractivity contribution in [2.75, 3.05) is 0 Å². The largest absolute Gasteiger partial charge is 0.456 e. The number of hydrogen-bond donors (Lipinski definition) is 0. The summed E-state index contributed by atoms with van der Waals surface area (Å²) in [5, 5.41) is 7.44. The van der Waals surface area contributed by atoms with Crippen LogP contribution in [0.25, 0.3) is 110 Å². The number of furan rings is 1. The standard InChI is InChI=1S/C54H41B7N2O/c55-46-43(47(56)51(60)53-44(46)45-48(57)49(58)50(59)52(61)54(45)63(53)34-20-22-37-36-16-7-8-17-41(36)64-42(37)27-34)32-19-23-39-38(25-32)35-21-18-31(29-12-5-2-6-13-29)26-40(35)62(39)33-15-9-14-30(24-33)28-10-3-1-4-11-28/h1-27H,55-61H2. The van der Waals surface area contributed by atoms with Crippen LogP contribution in [0.15, 0.2) is 168 Å². The van der Waals surface area contributed by atoms with Gasteiger partial charge < -0.3 is 13.6 Å². The van der Waals surface area contributed by atoms with Gasteiger partial charge in [0.15, 0.2) is 0 Å². The summed E-state index contributed by atoms with van der Waals surface area (Å²) in [4.78, 5) is 0. The van der Waals surface area contributed by atoms with Gasteiger partial charge in [-0.25, -0.2) is 0 Å². The van der Waals surface area contributed by atoms with Crippen molar-refractivity contribution < 1.29 is 4.42 Å². The molecular weight excluding hydrogens is 768 g/mol. The van der Waals surface area contributed by atoms with Gasteiger partial charge in [0.05, 0.1) is 11.0 Å². The average molecular weight is 810 g/mol. The Labute approximate surface area is 379 Å². The molecule has 64 heavy (non-hydrogen) atoms. The van der Waals surface area contributed by atoms with Crippen molar-refractivity contribution in [3.8, 4) is 44.8 Å². The Morgan fingerprint density at radius 2 is 0.891 bits per heavy atom. The second-order valence-corrected chi connectivity index (χ2v) is 17.9. The highest BCUT2D eigenvalue weighted by molar-refractivity contribution is 6.69. The van der Waals surface area contributed by atoms with Crippen LogP contribution in [0.4, 0.5) is 0 Å². The Morgan fingerprint density at radius 1 is 0.312 bits per heavy atom. The van der Waals surface area contributed by atoms with Gasteiger partial charge in [0.25, 0.3) is 0 Å². The van der Waals surface area contributed by atoms with Gasteiger partial charge in [0.2, 0.25) is 0 Å². The molecule has 3 nitrogen and oxygen atoms in total. The molecule has 12 aromatic rings. The molecule has 0 bridgehead atoms. The lowest BCUT2D eigenvalue weighted by Crippen LogP contribution is -2.48. The minimum absolute atomic E-state index is 0.907. The smallest absolute Gasteiger partial charge is 0.141 e. The molecule has 12 rings (SSSR count). The summed E-state index contributed by atoms with van der Waals surface area (Å²) >= 11 is 0. The molecule has 3 aromatic heterocycles. The topological polar surface area (TPSA) is 23.0 Å². The third-order valence-corrected chi connectivity index (χ3v) is 14.6. The van der Waals surface area contributed by atoms with Crippen molar-refractivity contribution in [3.05, 3.63) is 164 Å². The van der Waals surface area contributed by atoms with E-state index < -0.39 is 0 Å². The second-order valence-electron chi connectivity index (χ2n) is 17.9. The molecule has 0 saturated carbocycles. The van der Waals surface area contributed by atoms with Crippen LogP contribution in [0.3, 0.4) is 0 Å². The van der Waals surface area contributed by atoms with E-state index in [1.54, 1.807) is 0 Å². The third-order valence-electron chi connectivity index (χ3n) is 14.6. The molecule has 3 heterocycles. The van der Waals surface area contributed by atoms with E-state index in [2.05, 4.69) is 222 Å². The average Bonchev–Trinajstić information content (AvgIpc) is 4.00. The van der Waals surface area contributed by atoms with E-state index >= 15 is 0 Å². The monoisotopic (exact) mass is 810 g/mol. The first kappa shape index (κ1) is 38.5. The van der Waals surface area contributed by atoms with Crippen LogP contribution >= 0.6 is 0 Å². The van der Waals surface area contributed by atoms with Gasteiger partial charge in [-0.3, -0.25) is 0 Å². The summed E-state index contributed by atoms with van der Waals surface area (Å²) in [6, 6.07) is 59.7. The zero-order valence-electron chi connectivity index (χ0n) is 37.4. The molecule has 0 aliphatic rings. The molecule has 0 aliphatic heterocycles. The van der Waals surface area contributed by atoms with Gasteiger partial charge >= 0.3 is 0 Å². The lowest BCUT2D eigenvalue weighted by molar-refractivity contribution is 0.668. The quantitative estimate of drug-likeness (QED) is 0.246. The molecule has 0 spiro atoms. The summed E-state index contributed by atoms with van der Waals surface area (Å²) in [5.74, 6) is 0. The zero-order valence-corrected chi connectivity index (χ0v) is 37.4. The number of hydrogen-bond acceptors (Lipinski definition) is 1. The number of benzene rings is 9. The van der Waals surface area contributed by atoms with Crippen LogP contribution < -0.4 is 38.2 Å². The summed E-state index contributed by atoms with van der Waals surface area (Å²) in [6.45, 7) is 0. The van der Waals surface area contributed by atoms with Crippen molar-refractivity contribution in [2.24, 2.45) is 0 Å². The van der Waals surface area contributed by atoms with E-state index in [0.717, 1.165) is 33.3 Å². The van der Waals surface area contributed by atoms with Gasteiger partial charge in [-0.05, 0) is 87.3 Å². The Balaban J connectivity index is 1.12. The Kier molecular flexibility index (Phi) is 8.69. The van der Waals surface area contributed by atoms with Crippen molar-refractivity contribution in [3.63, 3.8) is 0 Å². The van der Waals surface area contributed by atoms with Crippen LogP contribution in [0, 0.1) is 0 Å². The molecule has 0 unspecified atom stereocenters. The van der Waals surface area contributed by atoms with Crippen molar-refractivity contribution in [1.29, 1.82) is 0 Å². The molecule has 0 fully saturated rings. The lowest BCUT2D eigenvalue weighted by Gasteiger charge is -2.19.